The van der Waals surface area contributed by atoms with Gasteiger partial charge in [0.25, 0.3) is 0 Å². The molecule has 3 heteroatoms. The Labute approximate surface area is 102 Å². The van der Waals surface area contributed by atoms with Crippen molar-refractivity contribution in [1.82, 2.24) is 5.32 Å². The van der Waals surface area contributed by atoms with Gasteiger partial charge in [0.2, 0.25) is 0 Å². The lowest BCUT2D eigenvalue weighted by Gasteiger charge is -2.28. The van der Waals surface area contributed by atoms with Crippen molar-refractivity contribution in [2.75, 3.05) is 6.54 Å². The van der Waals surface area contributed by atoms with E-state index < -0.39 is 0 Å². The first kappa shape index (κ1) is 11.7. The van der Waals surface area contributed by atoms with Gasteiger partial charge in [-0.15, -0.1) is 0 Å². The minimum atomic E-state index is 0.196. The predicted octanol–water partition coefficient (Wildman–Crippen LogP) is 3.25. The second kappa shape index (κ2) is 5.55. The highest BCUT2D eigenvalue weighted by atomic mass is 35.5. The summed E-state index contributed by atoms with van der Waals surface area (Å²) >= 11 is 5.81. The summed E-state index contributed by atoms with van der Waals surface area (Å²) in [4.78, 5) is 0. The van der Waals surface area contributed by atoms with Crippen LogP contribution in [0.15, 0.2) is 24.3 Å². The molecule has 0 radical (unpaired) electrons. The van der Waals surface area contributed by atoms with Crippen molar-refractivity contribution in [2.24, 2.45) is 0 Å². The van der Waals surface area contributed by atoms with E-state index in [4.69, 9.17) is 16.3 Å². The molecule has 16 heavy (non-hydrogen) atoms. The van der Waals surface area contributed by atoms with Crippen molar-refractivity contribution < 1.29 is 4.74 Å². The van der Waals surface area contributed by atoms with Gasteiger partial charge in [-0.1, -0.05) is 18.0 Å². The molecular formula is C13H18ClNO. The van der Waals surface area contributed by atoms with Crippen LogP contribution in [0.25, 0.3) is 0 Å². The standard InChI is InChI=1S/C13H18ClNO/c1-10(9-15-12-3-2-4-12)16-13-7-5-11(14)6-8-13/h5-8,10,12,15H,2-4,9H2,1H3. The van der Waals surface area contributed by atoms with Gasteiger partial charge in [-0.05, 0) is 44.0 Å². The molecule has 0 saturated heterocycles. The van der Waals surface area contributed by atoms with E-state index in [1.165, 1.54) is 19.3 Å². The first-order valence-electron chi connectivity index (χ1n) is 5.89. The third-order valence-electron chi connectivity index (χ3n) is 2.95. The molecule has 1 aromatic rings. The summed E-state index contributed by atoms with van der Waals surface area (Å²) in [5.41, 5.74) is 0. The van der Waals surface area contributed by atoms with Crippen molar-refractivity contribution in [3.8, 4) is 5.75 Å². The van der Waals surface area contributed by atoms with Crippen LogP contribution in [0.2, 0.25) is 5.02 Å². The third-order valence-corrected chi connectivity index (χ3v) is 3.20. The summed E-state index contributed by atoms with van der Waals surface area (Å²) in [6.45, 7) is 2.99. The Balaban J connectivity index is 1.73. The Morgan fingerprint density at radius 3 is 2.62 bits per heavy atom. The third kappa shape index (κ3) is 3.39. The van der Waals surface area contributed by atoms with Crippen LogP contribution in [0.4, 0.5) is 0 Å². The van der Waals surface area contributed by atoms with Gasteiger partial charge in [0.05, 0.1) is 0 Å². The van der Waals surface area contributed by atoms with Gasteiger partial charge in [-0.2, -0.15) is 0 Å². The summed E-state index contributed by atoms with van der Waals surface area (Å²) in [6.07, 6.45) is 4.19. The maximum absolute atomic E-state index is 5.81. The van der Waals surface area contributed by atoms with E-state index >= 15 is 0 Å². The number of halogens is 1. The van der Waals surface area contributed by atoms with Gasteiger partial charge in [-0.25, -0.2) is 0 Å². The van der Waals surface area contributed by atoms with E-state index in [9.17, 15) is 0 Å². The predicted molar refractivity (Wildman–Crippen MR) is 67.2 cm³/mol. The number of nitrogens with one attached hydrogen (secondary N) is 1. The fraction of sp³-hybridized carbons (Fsp3) is 0.538. The summed E-state index contributed by atoms with van der Waals surface area (Å²) < 4.78 is 5.77. The monoisotopic (exact) mass is 239 g/mol. The van der Waals surface area contributed by atoms with Crippen LogP contribution in [0.5, 0.6) is 5.75 Å². The Morgan fingerprint density at radius 2 is 2.06 bits per heavy atom. The van der Waals surface area contributed by atoms with E-state index in [1.807, 2.05) is 24.3 Å². The van der Waals surface area contributed by atoms with Gasteiger partial charge in [0.15, 0.2) is 0 Å². The van der Waals surface area contributed by atoms with Crippen molar-refractivity contribution in [2.45, 2.75) is 38.3 Å². The Hall–Kier alpha value is -0.730. The van der Waals surface area contributed by atoms with Crippen LogP contribution in [-0.2, 0) is 0 Å². The molecule has 1 aliphatic rings. The Bertz CT molecular complexity index is 321. The smallest absolute Gasteiger partial charge is 0.119 e. The van der Waals surface area contributed by atoms with Gasteiger partial charge in [0.1, 0.15) is 11.9 Å². The zero-order chi connectivity index (χ0) is 11.4. The highest BCUT2D eigenvalue weighted by molar-refractivity contribution is 6.30. The number of benzene rings is 1. The number of ether oxygens (including phenoxy) is 1. The SMILES string of the molecule is CC(CNC1CCC1)Oc1ccc(Cl)cc1. The van der Waals surface area contributed by atoms with E-state index in [-0.39, 0.29) is 6.10 Å². The lowest BCUT2D eigenvalue weighted by atomic mass is 9.93. The molecular weight excluding hydrogens is 222 g/mol. The van der Waals surface area contributed by atoms with Gasteiger partial charge in [0, 0.05) is 17.6 Å². The zero-order valence-electron chi connectivity index (χ0n) is 9.58. The summed E-state index contributed by atoms with van der Waals surface area (Å²) in [5.74, 6) is 0.882. The molecule has 1 N–H and O–H groups in total. The molecule has 2 nitrogen and oxygen atoms in total. The largest absolute Gasteiger partial charge is 0.489 e. The normalized spacial score (nSPS) is 17.9. The van der Waals surface area contributed by atoms with Crippen LogP contribution in [0, 0.1) is 0 Å². The molecule has 0 spiro atoms. The van der Waals surface area contributed by atoms with Crippen molar-refractivity contribution in [1.29, 1.82) is 0 Å². The molecule has 88 valence electrons. The molecule has 0 aliphatic heterocycles. The maximum Gasteiger partial charge on any atom is 0.119 e. The van der Waals surface area contributed by atoms with Crippen LogP contribution in [0.3, 0.4) is 0 Å². The molecule has 1 fully saturated rings. The molecule has 1 aromatic carbocycles. The van der Waals surface area contributed by atoms with Gasteiger partial charge >= 0.3 is 0 Å². The maximum atomic E-state index is 5.81. The van der Waals surface area contributed by atoms with E-state index in [0.717, 1.165) is 23.4 Å². The summed E-state index contributed by atoms with van der Waals surface area (Å²) in [6, 6.07) is 8.23. The topological polar surface area (TPSA) is 21.3 Å². The van der Waals surface area contributed by atoms with Gasteiger partial charge < -0.3 is 10.1 Å². The molecule has 0 heterocycles. The highest BCUT2D eigenvalue weighted by Crippen LogP contribution is 2.19. The molecule has 1 aliphatic carbocycles. The van der Waals surface area contributed by atoms with Crippen molar-refractivity contribution in [3.05, 3.63) is 29.3 Å². The number of hydrogen-bond acceptors (Lipinski definition) is 2. The van der Waals surface area contributed by atoms with E-state index in [1.54, 1.807) is 0 Å². The van der Waals surface area contributed by atoms with Crippen LogP contribution >= 0.6 is 11.6 Å². The lowest BCUT2D eigenvalue weighted by Crippen LogP contribution is -2.40. The number of rotatable bonds is 5. The second-order valence-corrected chi connectivity index (χ2v) is 4.85. The molecule has 1 saturated carbocycles. The number of hydrogen-bond donors (Lipinski definition) is 1. The summed E-state index contributed by atoms with van der Waals surface area (Å²) in [5, 5.41) is 4.24. The first-order valence-corrected chi connectivity index (χ1v) is 6.27. The minimum Gasteiger partial charge on any atom is -0.489 e. The average Bonchev–Trinajstić information content (AvgIpc) is 2.19. The average molecular weight is 240 g/mol. The lowest BCUT2D eigenvalue weighted by molar-refractivity contribution is 0.199. The van der Waals surface area contributed by atoms with E-state index in [2.05, 4.69) is 12.2 Å². The Kier molecular flexibility index (Phi) is 4.08. The molecule has 1 atom stereocenters. The van der Waals surface area contributed by atoms with Crippen molar-refractivity contribution >= 4 is 11.6 Å². The first-order chi connectivity index (χ1) is 7.74. The molecule has 0 bridgehead atoms. The fourth-order valence-corrected chi connectivity index (χ4v) is 1.86. The van der Waals surface area contributed by atoms with Gasteiger partial charge in [-0.3, -0.25) is 0 Å². The fourth-order valence-electron chi connectivity index (χ4n) is 1.73. The molecule has 2 rings (SSSR count). The van der Waals surface area contributed by atoms with E-state index in [0.29, 0.717) is 0 Å². The quantitative estimate of drug-likeness (QED) is 0.852. The Morgan fingerprint density at radius 1 is 1.38 bits per heavy atom. The second-order valence-electron chi connectivity index (χ2n) is 4.42. The highest BCUT2D eigenvalue weighted by Gasteiger charge is 2.17. The minimum absolute atomic E-state index is 0.196. The zero-order valence-corrected chi connectivity index (χ0v) is 10.3. The van der Waals surface area contributed by atoms with Crippen molar-refractivity contribution in [3.63, 3.8) is 0 Å². The van der Waals surface area contributed by atoms with Crippen LogP contribution < -0.4 is 10.1 Å². The molecule has 1 unspecified atom stereocenters. The molecule has 0 amide bonds. The van der Waals surface area contributed by atoms with Crippen LogP contribution in [0.1, 0.15) is 26.2 Å². The molecule has 0 aromatic heterocycles. The van der Waals surface area contributed by atoms with Crippen LogP contribution in [-0.4, -0.2) is 18.7 Å². The summed E-state index contributed by atoms with van der Waals surface area (Å²) in [7, 11) is 0.